The largest absolute Gasteiger partial charge is 0.465 e. The summed E-state index contributed by atoms with van der Waals surface area (Å²) < 4.78 is 6.25. The number of halogens is 1. The van der Waals surface area contributed by atoms with Gasteiger partial charge in [0.15, 0.2) is 5.16 Å². The summed E-state index contributed by atoms with van der Waals surface area (Å²) in [5, 5.41) is 3.42. The molecule has 0 spiro atoms. The molecule has 9 heteroatoms. The number of methoxy groups -OCH3 is 1. The van der Waals surface area contributed by atoms with Crippen molar-refractivity contribution in [3.05, 3.63) is 81.6 Å². The van der Waals surface area contributed by atoms with Crippen LogP contribution in [0.25, 0.3) is 10.9 Å². The molecule has 0 bridgehead atoms. The normalized spacial score (nSPS) is 11.7. The number of amides is 1. The van der Waals surface area contributed by atoms with E-state index in [0.717, 1.165) is 17.3 Å². The lowest BCUT2D eigenvalue weighted by molar-refractivity contribution is -0.120. The third-order valence-electron chi connectivity index (χ3n) is 4.70. The Kier molecular flexibility index (Phi) is 7.71. The summed E-state index contributed by atoms with van der Waals surface area (Å²) in [7, 11) is 1.28. The minimum absolute atomic E-state index is 0.184. The minimum atomic E-state index is -0.527. The van der Waals surface area contributed by atoms with Crippen molar-refractivity contribution in [2.24, 2.45) is 0 Å². The zero-order valence-corrected chi connectivity index (χ0v) is 19.2. The standard InChI is InChI=1S/C23H22ClN3O4S/c1-4-11-25-20(28)14(2)32-23-26-19-12-15(22(30)31-3)9-10-17(19)21(29)27(23)13-16-7-5-6-8-18(16)24/h4-10,12,14H,1,11,13H2,2-3H3,(H,25,28). The molecule has 0 aliphatic heterocycles. The van der Waals surface area contributed by atoms with Crippen LogP contribution in [0.5, 0.6) is 0 Å². The van der Waals surface area contributed by atoms with Crippen molar-refractivity contribution in [2.75, 3.05) is 13.7 Å². The first-order valence-electron chi connectivity index (χ1n) is 9.77. The van der Waals surface area contributed by atoms with Crippen molar-refractivity contribution in [2.45, 2.75) is 23.9 Å². The van der Waals surface area contributed by atoms with Crippen LogP contribution in [0.15, 0.2) is 65.1 Å². The maximum atomic E-state index is 13.4. The lowest BCUT2D eigenvalue weighted by Gasteiger charge is -2.17. The van der Waals surface area contributed by atoms with Gasteiger partial charge >= 0.3 is 5.97 Å². The summed E-state index contributed by atoms with van der Waals surface area (Å²) in [4.78, 5) is 42.3. The molecule has 0 fully saturated rings. The van der Waals surface area contributed by atoms with Crippen molar-refractivity contribution < 1.29 is 14.3 Å². The summed E-state index contributed by atoms with van der Waals surface area (Å²) in [6.07, 6.45) is 1.59. The predicted molar refractivity (Wildman–Crippen MR) is 126 cm³/mol. The van der Waals surface area contributed by atoms with Gasteiger partial charge in [-0.3, -0.25) is 14.2 Å². The van der Waals surface area contributed by atoms with Gasteiger partial charge in [0.05, 0.1) is 35.4 Å². The van der Waals surface area contributed by atoms with E-state index in [1.807, 2.05) is 18.2 Å². The van der Waals surface area contributed by atoms with Crippen molar-refractivity contribution >= 4 is 46.1 Å². The first-order valence-corrected chi connectivity index (χ1v) is 11.0. The van der Waals surface area contributed by atoms with Crippen LogP contribution in [0.4, 0.5) is 0 Å². The van der Waals surface area contributed by atoms with E-state index in [-0.39, 0.29) is 23.6 Å². The second-order valence-corrected chi connectivity index (χ2v) is 8.61. The molecule has 1 atom stereocenters. The first kappa shape index (κ1) is 23.6. The molecule has 1 aromatic heterocycles. The number of hydrogen-bond acceptors (Lipinski definition) is 6. The molecule has 3 aromatic rings. The molecule has 0 aliphatic rings. The Morgan fingerprint density at radius 3 is 2.75 bits per heavy atom. The van der Waals surface area contributed by atoms with Gasteiger partial charge in [-0.05, 0) is 36.8 Å². The molecule has 1 amide bonds. The lowest BCUT2D eigenvalue weighted by Crippen LogP contribution is -2.32. The van der Waals surface area contributed by atoms with Gasteiger partial charge in [-0.25, -0.2) is 9.78 Å². The zero-order valence-electron chi connectivity index (χ0n) is 17.6. The van der Waals surface area contributed by atoms with E-state index in [0.29, 0.717) is 27.6 Å². The van der Waals surface area contributed by atoms with Crippen LogP contribution in [0, 0.1) is 0 Å². The molecule has 0 aliphatic carbocycles. The number of carbonyl (C=O) groups excluding carboxylic acids is 2. The molecule has 0 saturated carbocycles. The summed E-state index contributed by atoms with van der Waals surface area (Å²) >= 11 is 7.46. The smallest absolute Gasteiger partial charge is 0.337 e. The Hall–Kier alpha value is -3.10. The highest BCUT2D eigenvalue weighted by Gasteiger charge is 2.20. The fraction of sp³-hybridized carbons (Fsp3) is 0.217. The van der Waals surface area contributed by atoms with E-state index in [4.69, 9.17) is 16.3 Å². The number of nitrogens with zero attached hydrogens (tertiary/aromatic N) is 2. The average Bonchev–Trinajstić information content (AvgIpc) is 2.80. The van der Waals surface area contributed by atoms with Gasteiger partial charge in [-0.15, -0.1) is 6.58 Å². The van der Waals surface area contributed by atoms with Crippen LogP contribution >= 0.6 is 23.4 Å². The monoisotopic (exact) mass is 471 g/mol. The topological polar surface area (TPSA) is 90.3 Å². The van der Waals surface area contributed by atoms with Gasteiger partial charge in [-0.2, -0.15) is 0 Å². The van der Waals surface area contributed by atoms with Gasteiger partial charge in [0.2, 0.25) is 5.91 Å². The summed E-state index contributed by atoms with van der Waals surface area (Å²) in [5.41, 5.74) is 1.07. The Balaban J connectivity index is 2.11. The molecule has 7 nitrogen and oxygen atoms in total. The highest BCUT2D eigenvalue weighted by Crippen LogP contribution is 2.25. The van der Waals surface area contributed by atoms with Gasteiger partial charge < -0.3 is 10.1 Å². The average molecular weight is 472 g/mol. The Morgan fingerprint density at radius 2 is 2.06 bits per heavy atom. The molecule has 1 unspecified atom stereocenters. The zero-order chi connectivity index (χ0) is 23.3. The van der Waals surface area contributed by atoms with E-state index in [1.54, 1.807) is 25.1 Å². The Labute approximate surface area is 194 Å². The molecule has 166 valence electrons. The van der Waals surface area contributed by atoms with Crippen molar-refractivity contribution in [3.63, 3.8) is 0 Å². The number of esters is 1. The maximum absolute atomic E-state index is 13.4. The summed E-state index contributed by atoms with van der Waals surface area (Å²) in [5.74, 6) is -0.739. The van der Waals surface area contributed by atoms with Crippen molar-refractivity contribution in [1.82, 2.24) is 14.9 Å². The van der Waals surface area contributed by atoms with E-state index >= 15 is 0 Å². The van der Waals surface area contributed by atoms with Crippen molar-refractivity contribution in [3.8, 4) is 0 Å². The number of nitrogens with one attached hydrogen (secondary N) is 1. The third-order valence-corrected chi connectivity index (χ3v) is 6.16. The summed E-state index contributed by atoms with van der Waals surface area (Å²) in [6.45, 7) is 5.84. The van der Waals surface area contributed by atoms with Crippen LogP contribution in [0.3, 0.4) is 0 Å². The lowest BCUT2D eigenvalue weighted by atomic mass is 10.1. The predicted octanol–water partition coefficient (Wildman–Crippen LogP) is 3.67. The van der Waals surface area contributed by atoms with Crippen LogP contribution in [0.1, 0.15) is 22.8 Å². The van der Waals surface area contributed by atoms with E-state index in [2.05, 4.69) is 16.9 Å². The molecule has 0 radical (unpaired) electrons. The number of rotatable bonds is 8. The van der Waals surface area contributed by atoms with E-state index in [9.17, 15) is 14.4 Å². The number of ether oxygens (including phenoxy) is 1. The second-order valence-electron chi connectivity index (χ2n) is 6.89. The molecule has 1 N–H and O–H groups in total. The highest BCUT2D eigenvalue weighted by molar-refractivity contribution is 8.00. The Bertz CT molecular complexity index is 1240. The Morgan fingerprint density at radius 1 is 1.31 bits per heavy atom. The maximum Gasteiger partial charge on any atom is 0.337 e. The third kappa shape index (κ3) is 5.20. The van der Waals surface area contributed by atoms with Gasteiger partial charge in [0.1, 0.15) is 0 Å². The van der Waals surface area contributed by atoms with Crippen LogP contribution in [-0.2, 0) is 16.1 Å². The molecule has 32 heavy (non-hydrogen) atoms. The minimum Gasteiger partial charge on any atom is -0.465 e. The van der Waals surface area contributed by atoms with Crippen molar-refractivity contribution in [1.29, 1.82) is 0 Å². The highest BCUT2D eigenvalue weighted by atomic mass is 35.5. The van der Waals surface area contributed by atoms with E-state index in [1.165, 1.54) is 23.8 Å². The number of benzene rings is 2. The van der Waals surface area contributed by atoms with Gasteiger partial charge in [-0.1, -0.05) is 47.6 Å². The fourth-order valence-electron chi connectivity index (χ4n) is 3.00. The van der Waals surface area contributed by atoms with Crippen LogP contribution in [0.2, 0.25) is 5.02 Å². The number of carbonyl (C=O) groups is 2. The molecule has 0 saturated heterocycles. The van der Waals surface area contributed by atoms with Crippen LogP contribution in [-0.4, -0.2) is 40.3 Å². The number of aromatic nitrogens is 2. The molecular formula is C23H22ClN3O4S. The first-order chi connectivity index (χ1) is 15.3. The van der Waals surface area contributed by atoms with Gasteiger partial charge in [0.25, 0.3) is 5.56 Å². The molecule has 2 aromatic carbocycles. The van der Waals surface area contributed by atoms with Crippen LogP contribution < -0.4 is 10.9 Å². The molecule has 1 heterocycles. The summed E-state index contributed by atoms with van der Waals surface area (Å²) in [6, 6.07) is 11.8. The van der Waals surface area contributed by atoms with Gasteiger partial charge in [0, 0.05) is 11.6 Å². The number of hydrogen-bond donors (Lipinski definition) is 1. The second kappa shape index (κ2) is 10.5. The molecule has 3 rings (SSSR count). The fourth-order valence-corrected chi connectivity index (χ4v) is 4.13. The number of fused-ring (bicyclic) bond motifs is 1. The molecular weight excluding hydrogens is 450 g/mol. The quantitative estimate of drug-likeness (QED) is 0.233. The van der Waals surface area contributed by atoms with E-state index < -0.39 is 11.2 Å². The number of thioether (sulfide) groups is 1. The SMILES string of the molecule is C=CCNC(=O)C(C)Sc1nc2cc(C(=O)OC)ccc2c(=O)n1Cc1ccccc1Cl.